The van der Waals surface area contributed by atoms with Gasteiger partial charge in [-0.1, -0.05) is 12.1 Å². The first-order valence-electron chi connectivity index (χ1n) is 9.43. The predicted octanol–water partition coefficient (Wildman–Crippen LogP) is 1.93. The van der Waals surface area contributed by atoms with Crippen molar-refractivity contribution in [2.24, 2.45) is 5.10 Å². The van der Waals surface area contributed by atoms with E-state index in [0.29, 0.717) is 47.5 Å². The van der Waals surface area contributed by atoms with E-state index in [9.17, 15) is 14.4 Å². The summed E-state index contributed by atoms with van der Waals surface area (Å²) < 4.78 is 16.0. The van der Waals surface area contributed by atoms with Gasteiger partial charge in [-0.15, -0.1) is 0 Å². The Balaban J connectivity index is 1.50. The van der Waals surface area contributed by atoms with E-state index in [0.717, 1.165) is 0 Å². The molecule has 31 heavy (non-hydrogen) atoms. The number of hydrazone groups is 1. The summed E-state index contributed by atoms with van der Waals surface area (Å²) in [5.74, 6) is -0.636. The summed E-state index contributed by atoms with van der Waals surface area (Å²) in [6.45, 7) is 2.49. The molecule has 0 saturated carbocycles. The molecule has 0 aromatic heterocycles. The lowest BCUT2D eigenvalue weighted by molar-refractivity contribution is -0.136. The van der Waals surface area contributed by atoms with Crippen LogP contribution in [0.25, 0.3) is 0 Å². The van der Waals surface area contributed by atoms with Crippen LogP contribution in [0.4, 0.5) is 11.4 Å². The number of amides is 3. The largest absolute Gasteiger partial charge is 0.495 e. The summed E-state index contributed by atoms with van der Waals surface area (Å²) in [4.78, 5) is 36.2. The number of nitrogens with one attached hydrogen (secondary N) is 3. The second kappa shape index (κ2) is 10.1. The Bertz CT molecular complexity index is 1020. The molecular weight excluding hydrogens is 404 g/mol. The van der Waals surface area contributed by atoms with Crippen LogP contribution in [0.1, 0.15) is 13.3 Å². The van der Waals surface area contributed by atoms with Crippen LogP contribution in [0.3, 0.4) is 0 Å². The Morgan fingerprint density at radius 1 is 1.00 bits per heavy atom. The average Bonchev–Trinajstić information content (AvgIpc) is 2.77. The number of hydrogen-bond acceptors (Lipinski definition) is 7. The van der Waals surface area contributed by atoms with Gasteiger partial charge in [0, 0.05) is 17.5 Å². The van der Waals surface area contributed by atoms with Crippen LogP contribution < -0.4 is 30.3 Å². The lowest BCUT2D eigenvalue weighted by Gasteiger charge is -2.19. The molecule has 0 aliphatic carbocycles. The van der Waals surface area contributed by atoms with E-state index >= 15 is 0 Å². The Morgan fingerprint density at radius 3 is 2.52 bits per heavy atom. The predicted molar refractivity (Wildman–Crippen MR) is 114 cm³/mol. The van der Waals surface area contributed by atoms with Gasteiger partial charge >= 0.3 is 11.8 Å². The maximum absolute atomic E-state index is 12.2. The standard InChI is InChI=1S/C21H22N4O6/c1-13(11-19(26)22-14-7-8-17-18(12-14)31-10-9-30-17)24-25-21(28)20(27)23-15-5-3-4-6-16(15)29-2/h3-8,12H,9-11H2,1-2H3,(H,22,26)(H,23,27)(H,25,28)/b24-13+. The number of carbonyl (C=O) groups is 3. The number of methoxy groups -OCH3 is 1. The van der Waals surface area contributed by atoms with E-state index in [1.165, 1.54) is 7.11 Å². The van der Waals surface area contributed by atoms with Crippen molar-refractivity contribution in [1.29, 1.82) is 0 Å². The number of carbonyl (C=O) groups excluding carboxylic acids is 3. The van der Waals surface area contributed by atoms with E-state index in [1.54, 1.807) is 49.4 Å². The molecule has 10 heteroatoms. The van der Waals surface area contributed by atoms with E-state index in [-0.39, 0.29) is 12.3 Å². The first-order valence-corrected chi connectivity index (χ1v) is 9.43. The monoisotopic (exact) mass is 426 g/mol. The van der Waals surface area contributed by atoms with Crippen molar-refractivity contribution in [3.63, 3.8) is 0 Å². The number of fused-ring (bicyclic) bond motifs is 1. The molecule has 0 fully saturated rings. The van der Waals surface area contributed by atoms with Gasteiger partial charge in [0.05, 0.1) is 19.2 Å². The van der Waals surface area contributed by atoms with E-state index in [2.05, 4.69) is 21.2 Å². The lowest BCUT2D eigenvalue weighted by Crippen LogP contribution is -2.33. The van der Waals surface area contributed by atoms with Crippen molar-refractivity contribution in [3.05, 3.63) is 42.5 Å². The van der Waals surface area contributed by atoms with Gasteiger partial charge in [0.25, 0.3) is 0 Å². The minimum atomic E-state index is -0.975. The van der Waals surface area contributed by atoms with Crippen molar-refractivity contribution in [3.8, 4) is 17.2 Å². The minimum absolute atomic E-state index is 0.0805. The third-order valence-electron chi connectivity index (χ3n) is 4.15. The molecule has 2 aromatic rings. The fourth-order valence-corrected chi connectivity index (χ4v) is 2.72. The Hall–Kier alpha value is -4.08. The first-order chi connectivity index (χ1) is 15.0. The fraction of sp³-hybridized carbons (Fsp3) is 0.238. The summed E-state index contributed by atoms with van der Waals surface area (Å²) in [5, 5.41) is 8.95. The molecule has 0 unspecified atom stereocenters. The topological polar surface area (TPSA) is 127 Å². The molecule has 0 bridgehead atoms. The van der Waals surface area contributed by atoms with Crippen molar-refractivity contribution in [1.82, 2.24) is 5.43 Å². The molecule has 10 nitrogen and oxygen atoms in total. The first kappa shape index (κ1) is 21.6. The summed E-state index contributed by atoms with van der Waals surface area (Å²) in [6.07, 6.45) is -0.0805. The number of benzene rings is 2. The number of ether oxygens (including phenoxy) is 3. The average molecular weight is 426 g/mol. The molecule has 1 aliphatic rings. The van der Waals surface area contributed by atoms with Crippen LogP contribution in [0.5, 0.6) is 17.2 Å². The molecule has 3 N–H and O–H groups in total. The van der Waals surface area contributed by atoms with E-state index < -0.39 is 11.8 Å². The molecule has 162 valence electrons. The maximum atomic E-state index is 12.2. The van der Waals surface area contributed by atoms with Crippen LogP contribution in [0, 0.1) is 0 Å². The van der Waals surface area contributed by atoms with Gasteiger partial charge < -0.3 is 24.8 Å². The zero-order chi connectivity index (χ0) is 22.2. The Morgan fingerprint density at radius 2 is 1.74 bits per heavy atom. The molecule has 1 heterocycles. The van der Waals surface area contributed by atoms with Crippen LogP contribution >= 0.6 is 0 Å². The van der Waals surface area contributed by atoms with Crippen molar-refractivity contribution < 1.29 is 28.6 Å². The molecule has 0 spiro atoms. The lowest BCUT2D eigenvalue weighted by atomic mass is 10.2. The number of hydrogen-bond donors (Lipinski definition) is 3. The number of para-hydroxylation sites is 2. The molecule has 1 aliphatic heterocycles. The fourth-order valence-electron chi connectivity index (χ4n) is 2.72. The highest BCUT2D eigenvalue weighted by Crippen LogP contribution is 2.32. The van der Waals surface area contributed by atoms with Crippen LogP contribution in [0.15, 0.2) is 47.6 Å². The molecule has 0 saturated heterocycles. The van der Waals surface area contributed by atoms with Crippen LogP contribution in [-0.2, 0) is 14.4 Å². The second-order valence-corrected chi connectivity index (χ2v) is 6.53. The number of anilines is 2. The molecule has 2 aromatic carbocycles. The van der Waals surface area contributed by atoms with Gasteiger partial charge in [0.15, 0.2) is 11.5 Å². The third-order valence-corrected chi connectivity index (χ3v) is 4.15. The number of nitrogens with zero attached hydrogens (tertiary/aromatic N) is 1. The smallest absolute Gasteiger partial charge is 0.329 e. The van der Waals surface area contributed by atoms with Gasteiger partial charge in [-0.2, -0.15) is 5.10 Å². The van der Waals surface area contributed by atoms with Gasteiger partial charge in [-0.25, -0.2) is 5.43 Å². The highest BCUT2D eigenvalue weighted by Gasteiger charge is 2.16. The summed E-state index contributed by atoms with van der Waals surface area (Å²) in [6, 6.07) is 11.8. The van der Waals surface area contributed by atoms with Gasteiger partial charge in [-0.05, 0) is 31.2 Å². The Labute approximate surface area is 178 Å². The SMILES string of the molecule is COc1ccccc1NC(=O)C(=O)N/N=C(\C)CC(=O)Nc1ccc2c(c1)OCCO2. The van der Waals surface area contributed by atoms with E-state index in [4.69, 9.17) is 14.2 Å². The van der Waals surface area contributed by atoms with Crippen LogP contribution in [-0.4, -0.2) is 43.8 Å². The third kappa shape index (κ3) is 5.95. The highest BCUT2D eigenvalue weighted by molar-refractivity contribution is 6.39. The minimum Gasteiger partial charge on any atom is -0.495 e. The zero-order valence-electron chi connectivity index (χ0n) is 17.1. The summed E-state index contributed by atoms with van der Waals surface area (Å²) in [5.41, 5.74) is 3.34. The van der Waals surface area contributed by atoms with Gasteiger partial charge in [-0.3, -0.25) is 14.4 Å². The zero-order valence-corrected chi connectivity index (χ0v) is 17.1. The van der Waals surface area contributed by atoms with Crippen LogP contribution in [0.2, 0.25) is 0 Å². The number of rotatable bonds is 6. The van der Waals surface area contributed by atoms with Gasteiger partial charge in [0.2, 0.25) is 5.91 Å². The normalized spacial score (nSPS) is 12.5. The quantitative estimate of drug-likeness (QED) is 0.368. The summed E-state index contributed by atoms with van der Waals surface area (Å²) >= 11 is 0. The molecule has 3 rings (SSSR count). The molecule has 3 amide bonds. The summed E-state index contributed by atoms with van der Waals surface area (Å²) in [7, 11) is 1.45. The Kier molecular flexibility index (Phi) is 7.05. The van der Waals surface area contributed by atoms with Crippen molar-refractivity contribution >= 4 is 34.8 Å². The van der Waals surface area contributed by atoms with E-state index in [1.807, 2.05) is 0 Å². The molecule has 0 atom stereocenters. The second-order valence-electron chi connectivity index (χ2n) is 6.53. The molecular formula is C21H22N4O6. The van der Waals surface area contributed by atoms with Gasteiger partial charge in [0.1, 0.15) is 19.0 Å². The van der Waals surface area contributed by atoms with Crippen molar-refractivity contribution in [2.75, 3.05) is 31.0 Å². The highest BCUT2D eigenvalue weighted by atomic mass is 16.6. The molecule has 0 radical (unpaired) electrons. The van der Waals surface area contributed by atoms with Crippen molar-refractivity contribution in [2.45, 2.75) is 13.3 Å². The maximum Gasteiger partial charge on any atom is 0.329 e.